The monoisotopic (exact) mass is 501 g/mol. The number of nitrogens with one attached hydrogen (secondary N) is 1. The van der Waals surface area contributed by atoms with Crippen molar-refractivity contribution in [2.24, 2.45) is 5.92 Å². The van der Waals surface area contributed by atoms with Gasteiger partial charge in [0.2, 0.25) is 5.91 Å². The quantitative estimate of drug-likeness (QED) is 0.654. The fraction of sp³-hybridized carbons (Fsp3) is 0.481. The molecule has 0 saturated heterocycles. The number of benzene rings is 2. The summed E-state index contributed by atoms with van der Waals surface area (Å²) in [4.78, 5) is 29.1. The lowest BCUT2D eigenvalue weighted by molar-refractivity contribution is -0.119. The number of hydrogen-bond acceptors (Lipinski definition) is 6. The summed E-state index contributed by atoms with van der Waals surface area (Å²) in [5.74, 6) is -0.334. The Morgan fingerprint density at radius 3 is 2.61 bits per heavy atom. The number of likely N-dealkylation sites (N-methyl/N-ethyl adjacent to an activating group) is 1. The van der Waals surface area contributed by atoms with Crippen molar-refractivity contribution in [2.45, 2.75) is 32.5 Å². The maximum absolute atomic E-state index is 14.5. The molecule has 3 atom stereocenters. The molecule has 1 aliphatic heterocycles. The second-order valence-corrected chi connectivity index (χ2v) is 9.31. The molecule has 36 heavy (non-hydrogen) atoms. The zero-order chi connectivity index (χ0) is 26.2. The number of methoxy groups -OCH3 is 2. The summed E-state index contributed by atoms with van der Waals surface area (Å²) in [5, 5.41) is 2.75. The molecule has 2 aromatic rings. The Kier molecular flexibility index (Phi) is 9.81. The van der Waals surface area contributed by atoms with Crippen molar-refractivity contribution >= 4 is 17.5 Å². The number of carbonyl (C=O) groups is 2. The molecule has 1 heterocycles. The maximum atomic E-state index is 14.5. The summed E-state index contributed by atoms with van der Waals surface area (Å²) in [6.45, 7) is 5.68. The highest BCUT2D eigenvalue weighted by Gasteiger charge is 2.29. The Hall–Kier alpha value is -3.01. The number of carbonyl (C=O) groups excluding carboxylic acids is 2. The van der Waals surface area contributed by atoms with Crippen molar-refractivity contribution in [3.05, 3.63) is 59.4 Å². The van der Waals surface area contributed by atoms with E-state index >= 15 is 0 Å². The Morgan fingerprint density at radius 2 is 1.92 bits per heavy atom. The van der Waals surface area contributed by atoms with Crippen LogP contribution in [-0.2, 0) is 20.8 Å². The van der Waals surface area contributed by atoms with Gasteiger partial charge in [-0.1, -0.05) is 25.1 Å². The molecule has 0 bridgehead atoms. The maximum Gasteiger partial charge on any atom is 0.257 e. The van der Waals surface area contributed by atoms with Crippen LogP contribution in [0.15, 0.2) is 42.5 Å². The lowest BCUT2D eigenvalue weighted by Crippen LogP contribution is -2.46. The second kappa shape index (κ2) is 12.8. The van der Waals surface area contributed by atoms with E-state index in [1.54, 1.807) is 49.4 Å². The molecule has 3 rings (SSSR count). The van der Waals surface area contributed by atoms with E-state index in [9.17, 15) is 14.0 Å². The van der Waals surface area contributed by atoms with E-state index < -0.39 is 0 Å². The molecule has 8 nitrogen and oxygen atoms in total. The summed E-state index contributed by atoms with van der Waals surface area (Å²) in [7, 11) is 4.81. The molecular formula is C27H36FN3O5. The van der Waals surface area contributed by atoms with Crippen LogP contribution in [0.5, 0.6) is 5.75 Å². The van der Waals surface area contributed by atoms with Crippen LogP contribution in [0.3, 0.4) is 0 Å². The zero-order valence-corrected chi connectivity index (χ0v) is 21.6. The van der Waals surface area contributed by atoms with E-state index in [2.05, 4.69) is 17.1 Å². The van der Waals surface area contributed by atoms with E-state index in [-0.39, 0.29) is 48.9 Å². The second-order valence-electron chi connectivity index (χ2n) is 9.31. The molecule has 0 aliphatic carbocycles. The smallest absolute Gasteiger partial charge is 0.257 e. The van der Waals surface area contributed by atoms with Crippen LogP contribution < -0.4 is 10.1 Å². The average Bonchev–Trinajstić information content (AvgIpc) is 2.85. The number of halogens is 1. The van der Waals surface area contributed by atoms with Gasteiger partial charge in [0.05, 0.1) is 11.7 Å². The van der Waals surface area contributed by atoms with Gasteiger partial charge in [0.15, 0.2) is 0 Å². The normalized spacial score (nSPS) is 21.7. The van der Waals surface area contributed by atoms with Gasteiger partial charge in [-0.25, -0.2) is 4.39 Å². The molecule has 2 amide bonds. The first-order valence-corrected chi connectivity index (χ1v) is 12.0. The first kappa shape index (κ1) is 27.6. The number of hydrogen-bond donors (Lipinski definition) is 1. The Morgan fingerprint density at radius 1 is 1.17 bits per heavy atom. The van der Waals surface area contributed by atoms with Gasteiger partial charge >= 0.3 is 0 Å². The minimum atomic E-state index is -0.310. The van der Waals surface area contributed by atoms with Gasteiger partial charge in [0.1, 0.15) is 24.8 Å². The molecule has 0 aromatic heterocycles. The SMILES string of the molecule is COCC(=O)Nc1ccc2c(c1)OC[C@H](C)N(Cc1ccccc1F)C[C@@H](C)[C@@H](OC)CN(C)C2=O. The van der Waals surface area contributed by atoms with Gasteiger partial charge in [-0.2, -0.15) is 0 Å². The summed E-state index contributed by atoms with van der Waals surface area (Å²) < 4.78 is 31.3. The number of amides is 2. The van der Waals surface area contributed by atoms with Crippen LogP contribution in [0, 0.1) is 11.7 Å². The molecule has 9 heteroatoms. The topological polar surface area (TPSA) is 80.3 Å². The Bertz CT molecular complexity index is 1050. The molecule has 1 N–H and O–H groups in total. The van der Waals surface area contributed by atoms with Crippen LogP contribution in [0.1, 0.15) is 29.8 Å². The van der Waals surface area contributed by atoms with Gasteiger partial charge in [-0.05, 0) is 31.0 Å². The summed E-state index contributed by atoms with van der Waals surface area (Å²) in [5.41, 5.74) is 1.49. The highest BCUT2D eigenvalue weighted by atomic mass is 19.1. The zero-order valence-electron chi connectivity index (χ0n) is 21.6. The number of ether oxygens (including phenoxy) is 3. The number of nitrogens with zero attached hydrogens (tertiary/aromatic N) is 2. The third-order valence-electron chi connectivity index (χ3n) is 6.47. The van der Waals surface area contributed by atoms with E-state index in [4.69, 9.17) is 14.2 Å². The highest BCUT2D eigenvalue weighted by Crippen LogP contribution is 2.27. The minimum absolute atomic E-state index is 0.0664. The predicted molar refractivity (Wildman–Crippen MR) is 136 cm³/mol. The Balaban J connectivity index is 1.94. The van der Waals surface area contributed by atoms with Gasteiger partial charge in [0, 0.05) is 64.3 Å². The first-order chi connectivity index (χ1) is 17.2. The van der Waals surface area contributed by atoms with Gasteiger partial charge < -0.3 is 24.4 Å². The van der Waals surface area contributed by atoms with Gasteiger partial charge in [-0.3, -0.25) is 14.5 Å². The molecule has 0 fully saturated rings. The first-order valence-electron chi connectivity index (χ1n) is 12.0. The Labute approximate surface area is 212 Å². The number of anilines is 1. The molecule has 0 radical (unpaired) electrons. The summed E-state index contributed by atoms with van der Waals surface area (Å²) >= 11 is 0. The van der Waals surface area contributed by atoms with Crippen LogP contribution in [0.25, 0.3) is 0 Å². The molecule has 0 spiro atoms. The summed E-state index contributed by atoms with van der Waals surface area (Å²) in [6.07, 6.45) is -0.217. The molecule has 196 valence electrons. The third kappa shape index (κ3) is 7.02. The highest BCUT2D eigenvalue weighted by molar-refractivity contribution is 5.98. The lowest BCUT2D eigenvalue weighted by Gasteiger charge is -2.36. The fourth-order valence-corrected chi connectivity index (χ4v) is 4.32. The number of fused-ring (bicyclic) bond motifs is 1. The van der Waals surface area contributed by atoms with Crippen LogP contribution in [0.2, 0.25) is 0 Å². The fourth-order valence-electron chi connectivity index (χ4n) is 4.32. The van der Waals surface area contributed by atoms with E-state index in [1.807, 2.05) is 13.0 Å². The van der Waals surface area contributed by atoms with Crippen LogP contribution >= 0.6 is 0 Å². The van der Waals surface area contributed by atoms with Crippen molar-refractivity contribution in [2.75, 3.05) is 52.9 Å². The standard InChI is InChI=1S/C27H36FN3O5/c1-18-13-31(14-20-8-6-7-9-23(20)28)19(2)16-36-24-12-21(29-26(32)17-34-4)10-11-22(24)27(33)30(3)15-25(18)35-5/h6-12,18-19,25H,13-17H2,1-5H3,(H,29,32)/t18-,19+,25+/m1/s1. The summed E-state index contributed by atoms with van der Waals surface area (Å²) in [6, 6.07) is 11.6. The van der Waals surface area contributed by atoms with E-state index in [0.29, 0.717) is 42.2 Å². The molecule has 2 aromatic carbocycles. The average molecular weight is 502 g/mol. The molecule has 1 aliphatic rings. The van der Waals surface area contributed by atoms with Crippen molar-refractivity contribution in [1.29, 1.82) is 0 Å². The lowest BCUT2D eigenvalue weighted by atomic mass is 10.0. The third-order valence-corrected chi connectivity index (χ3v) is 6.47. The van der Waals surface area contributed by atoms with E-state index in [0.717, 1.165) is 0 Å². The predicted octanol–water partition coefficient (Wildman–Crippen LogP) is 3.42. The van der Waals surface area contributed by atoms with Crippen molar-refractivity contribution in [1.82, 2.24) is 9.80 Å². The number of rotatable bonds is 6. The van der Waals surface area contributed by atoms with Gasteiger partial charge in [-0.15, -0.1) is 0 Å². The van der Waals surface area contributed by atoms with Crippen molar-refractivity contribution < 1.29 is 28.2 Å². The molecule has 0 unspecified atom stereocenters. The van der Waals surface area contributed by atoms with Crippen LogP contribution in [-0.4, -0.2) is 81.3 Å². The minimum Gasteiger partial charge on any atom is -0.491 e. The molecule has 0 saturated carbocycles. The van der Waals surface area contributed by atoms with Crippen molar-refractivity contribution in [3.8, 4) is 5.75 Å². The van der Waals surface area contributed by atoms with Gasteiger partial charge in [0.25, 0.3) is 5.91 Å². The largest absolute Gasteiger partial charge is 0.491 e. The van der Waals surface area contributed by atoms with Crippen molar-refractivity contribution in [3.63, 3.8) is 0 Å². The molecular weight excluding hydrogens is 465 g/mol. The van der Waals surface area contributed by atoms with Crippen LogP contribution in [0.4, 0.5) is 10.1 Å². The van der Waals surface area contributed by atoms with E-state index in [1.165, 1.54) is 13.2 Å².